The quantitative estimate of drug-likeness (QED) is 0.824. The van der Waals surface area contributed by atoms with E-state index in [-0.39, 0.29) is 0 Å². The Kier molecular flexibility index (Phi) is 3.49. The predicted molar refractivity (Wildman–Crippen MR) is 66.3 cm³/mol. The number of nitrogens with two attached hydrogens (primary N) is 1. The van der Waals surface area contributed by atoms with E-state index in [1.54, 1.807) is 0 Å². The zero-order valence-electron chi connectivity index (χ0n) is 9.02. The van der Waals surface area contributed by atoms with E-state index < -0.39 is 0 Å². The minimum atomic E-state index is 0.569. The molecule has 1 fully saturated rings. The summed E-state index contributed by atoms with van der Waals surface area (Å²) in [6, 6.07) is 2.67. The van der Waals surface area contributed by atoms with Gasteiger partial charge in [0.25, 0.3) is 0 Å². The monoisotopic (exact) mass is 223 g/mol. The summed E-state index contributed by atoms with van der Waals surface area (Å²) in [6.45, 7) is 3.95. The van der Waals surface area contributed by atoms with Crippen molar-refractivity contribution in [2.45, 2.75) is 19.5 Å². The number of anilines is 1. The zero-order chi connectivity index (χ0) is 10.7. The van der Waals surface area contributed by atoms with Crippen molar-refractivity contribution in [3.63, 3.8) is 0 Å². The number of rotatable bonds is 2. The maximum Gasteiger partial charge on any atom is 0.0445 e. The molecule has 0 aromatic carbocycles. The highest BCUT2D eigenvalue weighted by molar-refractivity contribution is 7.99. The molecule has 1 saturated heterocycles. The Morgan fingerprint density at radius 2 is 2.53 bits per heavy atom. The van der Waals surface area contributed by atoms with Gasteiger partial charge in [-0.15, -0.1) is 0 Å². The van der Waals surface area contributed by atoms with Gasteiger partial charge >= 0.3 is 0 Å². The van der Waals surface area contributed by atoms with Gasteiger partial charge in [-0.3, -0.25) is 4.98 Å². The van der Waals surface area contributed by atoms with Crippen LogP contribution in [-0.4, -0.2) is 29.1 Å². The second-order valence-electron chi connectivity index (χ2n) is 3.83. The predicted octanol–water partition coefficient (Wildman–Crippen LogP) is 1.48. The Bertz CT molecular complexity index is 329. The number of aromatic nitrogens is 1. The molecule has 0 spiro atoms. The summed E-state index contributed by atoms with van der Waals surface area (Å²) < 4.78 is 0. The molecule has 0 amide bonds. The van der Waals surface area contributed by atoms with Crippen molar-refractivity contribution in [3.05, 3.63) is 24.0 Å². The molecule has 0 bridgehead atoms. The van der Waals surface area contributed by atoms with Crippen LogP contribution in [0.25, 0.3) is 0 Å². The Hall–Kier alpha value is -0.740. The summed E-state index contributed by atoms with van der Waals surface area (Å²) in [5.74, 6) is 2.41. The van der Waals surface area contributed by atoms with Gasteiger partial charge in [-0.1, -0.05) is 0 Å². The van der Waals surface area contributed by atoms with Crippen LogP contribution in [0.2, 0.25) is 0 Å². The van der Waals surface area contributed by atoms with Crippen molar-refractivity contribution in [1.29, 1.82) is 0 Å². The molecule has 1 aliphatic heterocycles. The van der Waals surface area contributed by atoms with E-state index in [1.807, 2.05) is 24.2 Å². The third kappa shape index (κ3) is 2.26. The molecule has 0 saturated carbocycles. The van der Waals surface area contributed by atoms with Crippen LogP contribution in [0.1, 0.15) is 12.5 Å². The molecule has 82 valence electrons. The van der Waals surface area contributed by atoms with Crippen LogP contribution >= 0.6 is 11.8 Å². The van der Waals surface area contributed by atoms with Gasteiger partial charge in [0.2, 0.25) is 0 Å². The van der Waals surface area contributed by atoms with Crippen molar-refractivity contribution >= 4 is 17.4 Å². The van der Waals surface area contributed by atoms with Gasteiger partial charge < -0.3 is 10.6 Å². The fourth-order valence-corrected chi connectivity index (χ4v) is 2.96. The summed E-state index contributed by atoms with van der Waals surface area (Å²) >= 11 is 2.03. The van der Waals surface area contributed by atoms with Crippen LogP contribution in [0.4, 0.5) is 5.69 Å². The highest BCUT2D eigenvalue weighted by atomic mass is 32.2. The summed E-state index contributed by atoms with van der Waals surface area (Å²) in [4.78, 5) is 6.57. The lowest BCUT2D eigenvalue weighted by atomic mass is 10.2. The van der Waals surface area contributed by atoms with Gasteiger partial charge in [0.05, 0.1) is 0 Å². The second kappa shape index (κ2) is 4.86. The summed E-state index contributed by atoms with van der Waals surface area (Å²) in [5.41, 5.74) is 8.14. The molecule has 1 aromatic rings. The Morgan fingerprint density at radius 1 is 1.67 bits per heavy atom. The first-order valence-electron chi connectivity index (χ1n) is 5.30. The molecule has 2 N–H and O–H groups in total. The van der Waals surface area contributed by atoms with E-state index in [0.717, 1.165) is 12.1 Å². The Balaban J connectivity index is 2.26. The molecule has 3 nitrogen and oxygen atoms in total. The fourth-order valence-electron chi connectivity index (χ4n) is 1.94. The van der Waals surface area contributed by atoms with Crippen molar-refractivity contribution in [3.8, 4) is 0 Å². The van der Waals surface area contributed by atoms with Crippen molar-refractivity contribution < 1.29 is 0 Å². The van der Waals surface area contributed by atoms with Crippen molar-refractivity contribution in [1.82, 2.24) is 4.98 Å². The molecule has 2 rings (SSSR count). The third-order valence-electron chi connectivity index (χ3n) is 2.77. The van der Waals surface area contributed by atoms with Crippen LogP contribution in [0, 0.1) is 0 Å². The van der Waals surface area contributed by atoms with Crippen LogP contribution in [0.15, 0.2) is 18.5 Å². The Labute approximate surface area is 95.1 Å². The number of pyridine rings is 1. The highest BCUT2D eigenvalue weighted by Gasteiger charge is 2.20. The lowest BCUT2D eigenvalue weighted by molar-refractivity contribution is 0.695. The molecule has 0 radical (unpaired) electrons. The van der Waals surface area contributed by atoms with Gasteiger partial charge in [-0.05, 0) is 13.0 Å². The lowest BCUT2D eigenvalue weighted by Gasteiger charge is -2.36. The van der Waals surface area contributed by atoms with E-state index in [9.17, 15) is 0 Å². The van der Waals surface area contributed by atoms with E-state index >= 15 is 0 Å². The van der Waals surface area contributed by atoms with Gasteiger partial charge in [0, 0.05) is 54.3 Å². The average molecular weight is 223 g/mol. The third-order valence-corrected chi connectivity index (χ3v) is 3.96. The zero-order valence-corrected chi connectivity index (χ0v) is 9.83. The fraction of sp³-hybridized carbons (Fsp3) is 0.545. The molecular weight excluding hydrogens is 206 g/mol. The molecule has 1 aromatic heterocycles. The standard InChI is InChI=1S/C11H17N3S/c1-9-8-15-5-4-14(9)11-2-3-13-7-10(11)6-12/h2-3,7,9H,4-6,8,12H2,1H3. The molecule has 1 unspecified atom stereocenters. The van der Waals surface area contributed by atoms with Crippen LogP contribution < -0.4 is 10.6 Å². The van der Waals surface area contributed by atoms with Gasteiger partial charge in [-0.25, -0.2) is 0 Å². The van der Waals surface area contributed by atoms with Crippen LogP contribution in [0.5, 0.6) is 0 Å². The lowest BCUT2D eigenvalue weighted by Crippen LogP contribution is -2.41. The topological polar surface area (TPSA) is 42.2 Å². The summed E-state index contributed by atoms with van der Waals surface area (Å²) in [7, 11) is 0. The normalized spacial score (nSPS) is 21.7. The van der Waals surface area contributed by atoms with E-state index in [0.29, 0.717) is 12.6 Å². The van der Waals surface area contributed by atoms with Crippen LogP contribution in [0.3, 0.4) is 0 Å². The number of nitrogens with zero attached hydrogens (tertiary/aromatic N) is 2. The molecule has 15 heavy (non-hydrogen) atoms. The maximum absolute atomic E-state index is 5.73. The molecule has 2 heterocycles. The number of hydrogen-bond acceptors (Lipinski definition) is 4. The molecule has 0 aliphatic carbocycles. The van der Waals surface area contributed by atoms with Crippen LogP contribution in [-0.2, 0) is 6.54 Å². The maximum atomic E-state index is 5.73. The first-order chi connectivity index (χ1) is 7.33. The minimum Gasteiger partial charge on any atom is -0.367 e. The van der Waals surface area contributed by atoms with E-state index in [2.05, 4.69) is 22.9 Å². The van der Waals surface area contributed by atoms with Gasteiger partial charge in [0.1, 0.15) is 0 Å². The molecular formula is C11H17N3S. The van der Waals surface area contributed by atoms with Crippen molar-refractivity contribution in [2.24, 2.45) is 5.73 Å². The Morgan fingerprint density at radius 3 is 3.27 bits per heavy atom. The first kappa shape index (κ1) is 10.8. The summed E-state index contributed by atoms with van der Waals surface area (Å²) in [6.07, 6.45) is 3.73. The smallest absolute Gasteiger partial charge is 0.0445 e. The largest absolute Gasteiger partial charge is 0.367 e. The number of thioether (sulfide) groups is 1. The SMILES string of the molecule is CC1CSCCN1c1ccncc1CN. The van der Waals surface area contributed by atoms with E-state index in [4.69, 9.17) is 5.73 Å². The average Bonchev–Trinajstić information content (AvgIpc) is 2.30. The van der Waals surface area contributed by atoms with Gasteiger partial charge in [-0.2, -0.15) is 11.8 Å². The summed E-state index contributed by atoms with van der Waals surface area (Å²) in [5, 5.41) is 0. The first-order valence-corrected chi connectivity index (χ1v) is 6.45. The molecule has 1 atom stereocenters. The minimum absolute atomic E-state index is 0.569. The molecule has 1 aliphatic rings. The molecule has 4 heteroatoms. The van der Waals surface area contributed by atoms with E-state index in [1.165, 1.54) is 17.2 Å². The van der Waals surface area contributed by atoms with Gasteiger partial charge in [0.15, 0.2) is 0 Å². The van der Waals surface area contributed by atoms with Crippen molar-refractivity contribution in [2.75, 3.05) is 23.0 Å². The second-order valence-corrected chi connectivity index (χ2v) is 4.98. The highest BCUT2D eigenvalue weighted by Crippen LogP contribution is 2.26. The number of hydrogen-bond donors (Lipinski definition) is 1.